The lowest BCUT2D eigenvalue weighted by Gasteiger charge is -2.12. The van der Waals surface area contributed by atoms with Crippen molar-refractivity contribution in [2.45, 2.75) is 13.8 Å². The smallest absolute Gasteiger partial charge is 0.255 e. The molecule has 1 heterocycles. The Morgan fingerprint density at radius 1 is 1.23 bits per heavy atom. The number of thiazole rings is 1. The molecular weight excluding hydrogens is 296 g/mol. The van der Waals surface area contributed by atoms with E-state index in [1.165, 1.54) is 11.3 Å². The minimum Gasteiger partial charge on any atom is -0.321 e. The fourth-order valence-corrected chi connectivity index (χ4v) is 3.27. The van der Waals surface area contributed by atoms with Gasteiger partial charge in [-0.15, -0.1) is 0 Å². The number of rotatable bonds is 3. The molecule has 0 spiro atoms. The number of fused-ring (bicyclic) bond motifs is 1. The molecule has 1 aromatic heterocycles. The maximum absolute atomic E-state index is 12.4. The summed E-state index contributed by atoms with van der Waals surface area (Å²) in [5.74, 6) is 5.31. The van der Waals surface area contributed by atoms with Crippen molar-refractivity contribution in [3.63, 3.8) is 0 Å². The molecular formula is C16H16N4OS. The summed E-state index contributed by atoms with van der Waals surface area (Å²) in [4.78, 5) is 16.8. The molecule has 0 unspecified atom stereocenters. The Morgan fingerprint density at radius 3 is 2.64 bits per heavy atom. The highest BCUT2D eigenvalue weighted by molar-refractivity contribution is 7.22. The van der Waals surface area contributed by atoms with Crippen LogP contribution in [0.25, 0.3) is 10.2 Å². The van der Waals surface area contributed by atoms with Gasteiger partial charge in [0.25, 0.3) is 5.91 Å². The molecule has 22 heavy (non-hydrogen) atoms. The quantitative estimate of drug-likeness (QED) is 0.511. The zero-order valence-corrected chi connectivity index (χ0v) is 13.1. The summed E-state index contributed by atoms with van der Waals surface area (Å²) in [5, 5.41) is 3.66. The van der Waals surface area contributed by atoms with E-state index in [1.54, 1.807) is 12.1 Å². The van der Waals surface area contributed by atoms with E-state index < -0.39 is 0 Å². The number of amides is 1. The summed E-state index contributed by atoms with van der Waals surface area (Å²) in [7, 11) is 0. The largest absolute Gasteiger partial charge is 0.321 e. The number of nitrogen functional groups attached to an aromatic ring is 1. The molecule has 4 N–H and O–H groups in total. The van der Waals surface area contributed by atoms with Gasteiger partial charge < -0.3 is 5.32 Å². The summed E-state index contributed by atoms with van der Waals surface area (Å²) >= 11 is 1.47. The molecule has 0 fully saturated rings. The first-order valence-corrected chi connectivity index (χ1v) is 7.65. The fraction of sp³-hybridized carbons (Fsp3) is 0.125. The minimum absolute atomic E-state index is 0.118. The number of nitrogens with two attached hydrogens (primary N) is 1. The van der Waals surface area contributed by atoms with Crippen LogP contribution in [0.1, 0.15) is 21.5 Å². The Morgan fingerprint density at radius 2 is 1.95 bits per heavy atom. The molecule has 0 bridgehead atoms. The van der Waals surface area contributed by atoms with Crippen molar-refractivity contribution in [3.05, 3.63) is 53.1 Å². The van der Waals surface area contributed by atoms with Gasteiger partial charge in [0.15, 0.2) is 5.13 Å². The number of hydrazine groups is 1. The van der Waals surface area contributed by atoms with E-state index in [1.807, 2.05) is 38.1 Å². The van der Waals surface area contributed by atoms with Crippen molar-refractivity contribution in [1.29, 1.82) is 0 Å². The first-order valence-electron chi connectivity index (χ1n) is 6.84. The van der Waals surface area contributed by atoms with Crippen LogP contribution in [0.2, 0.25) is 0 Å². The van der Waals surface area contributed by atoms with Crippen LogP contribution < -0.4 is 16.6 Å². The average molecular weight is 312 g/mol. The molecule has 0 aliphatic heterocycles. The van der Waals surface area contributed by atoms with Crippen LogP contribution in [0.5, 0.6) is 0 Å². The lowest BCUT2D eigenvalue weighted by atomic mass is 10.1. The Kier molecular flexibility index (Phi) is 3.79. The molecule has 0 aliphatic rings. The van der Waals surface area contributed by atoms with Crippen LogP contribution in [-0.2, 0) is 0 Å². The topological polar surface area (TPSA) is 80.0 Å². The van der Waals surface area contributed by atoms with E-state index in [2.05, 4.69) is 15.7 Å². The van der Waals surface area contributed by atoms with Crippen LogP contribution in [0.3, 0.4) is 0 Å². The molecule has 5 nitrogen and oxygen atoms in total. The van der Waals surface area contributed by atoms with Gasteiger partial charge in [0.05, 0.1) is 10.2 Å². The molecule has 0 saturated carbocycles. The lowest BCUT2D eigenvalue weighted by molar-refractivity contribution is 0.102. The fourth-order valence-electron chi connectivity index (χ4n) is 2.41. The number of aromatic nitrogens is 1. The standard InChI is InChI=1S/C16H16N4OS/c1-9-8-12-14(22-16(18-12)20-17)10(2)13(9)19-15(21)11-6-4-3-5-7-11/h3-8H,17H2,1-2H3,(H,18,20)(H,19,21). The Balaban J connectivity index is 2.01. The SMILES string of the molecule is Cc1cc2nc(NN)sc2c(C)c1NC(=O)c1ccccc1. The van der Waals surface area contributed by atoms with Gasteiger partial charge in [-0.2, -0.15) is 0 Å². The lowest BCUT2D eigenvalue weighted by Crippen LogP contribution is -2.13. The number of benzene rings is 2. The van der Waals surface area contributed by atoms with Gasteiger partial charge in [-0.3, -0.25) is 10.2 Å². The minimum atomic E-state index is -0.118. The molecule has 0 atom stereocenters. The van der Waals surface area contributed by atoms with Crippen molar-refractivity contribution in [1.82, 2.24) is 4.98 Å². The third kappa shape index (κ3) is 2.54. The Bertz CT molecular complexity index is 842. The van der Waals surface area contributed by atoms with E-state index in [-0.39, 0.29) is 5.91 Å². The second kappa shape index (κ2) is 5.75. The van der Waals surface area contributed by atoms with Gasteiger partial charge >= 0.3 is 0 Å². The predicted octanol–water partition coefficient (Wildman–Crippen LogP) is 3.45. The summed E-state index contributed by atoms with van der Waals surface area (Å²) in [6.07, 6.45) is 0. The van der Waals surface area contributed by atoms with Crippen molar-refractivity contribution in [2.24, 2.45) is 5.84 Å². The molecule has 0 saturated heterocycles. The van der Waals surface area contributed by atoms with E-state index in [0.717, 1.165) is 27.0 Å². The van der Waals surface area contributed by atoms with Gasteiger partial charge in [0, 0.05) is 11.3 Å². The molecule has 0 radical (unpaired) electrons. The third-order valence-corrected chi connectivity index (χ3v) is 4.64. The molecule has 6 heteroatoms. The summed E-state index contributed by atoms with van der Waals surface area (Å²) in [6, 6.07) is 11.1. The predicted molar refractivity (Wildman–Crippen MR) is 91.3 cm³/mol. The zero-order valence-electron chi connectivity index (χ0n) is 12.3. The number of nitrogens with zero attached hydrogens (tertiary/aromatic N) is 1. The van der Waals surface area contributed by atoms with Crippen LogP contribution in [0.15, 0.2) is 36.4 Å². The van der Waals surface area contributed by atoms with E-state index >= 15 is 0 Å². The van der Waals surface area contributed by atoms with Crippen LogP contribution in [0, 0.1) is 13.8 Å². The Hall–Kier alpha value is -2.44. The second-order valence-corrected chi connectivity index (χ2v) is 6.02. The number of aryl methyl sites for hydroxylation is 2. The molecule has 3 rings (SSSR count). The molecule has 1 amide bonds. The first kappa shape index (κ1) is 14.5. The summed E-state index contributed by atoms with van der Waals surface area (Å²) < 4.78 is 1.02. The molecule has 3 aromatic rings. The van der Waals surface area contributed by atoms with Crippen molar-refractivity contribution < 1.29 is 4.79 Å². The van der Waals surface area contributed by atoms with Gasteiger partial charge in [-0.05, 0) is 43.2 Å². The van der Waals surface area contributed by atoms with Gasteiger partial charge in [-0.1, -0.05) is 29.5 Å². The van der Waals surface area contributed by atoms with Crippen LogP contribution in [-0.4, -0.2) is 10.9 Å². The second-order valence-electron chi connectivity index (χ2n) is 5.03. The number of hydrogen-bond acceptors (Lipinski definition) is 5. The number of anilines is 2. The summed E-state index contributed by atoms with van der Waals surface area (Å²) in [5.41, 5.74) is 6.88. The van der Waals surface area contributed by atoms with E-state index in [9.17, 15) is 4.79 Å². The number of hydrogen-bond donors (Lipinski definition) is 3. The van der Waals surface area contributed by atoms with Gasteiger partial charge in [0.2, 0.25) is 0 Å². The maximum atomic E-state index is 12.4. The molecule has 112 valence electrons. The maximum Gasteiger partial charge on any atom is 0.255 e. The normalized spacial score (nSPS) is 10.7. The van der Waals surface area contributed by atoms with Crippen molar-refractivity contribution in [3.8, 4) is 0 Å². The Labute approximate surface area is 132 Å². The van der Waals surface area contributed by atoms with Gasteiger partial charge in [0.1, 0.15) is 0 Å². The van der Waals surface area contributed by atoms with Crippen molar-refractivity contribution in [2.75, 3.05) is 10.7 Å². The highest BCUT2D eigenvalue weighted by Gasteiger charge is 2.15. The molecule has 2 aromatic carbocycles. The van der Waals surface area contributed by atoms with E-state index in [0.29, 0.717) is 10.7 Å². The number of carbonyl (C=O) groups is 1. The third-order valence-electron chi connectivity index (χ3n) is 3.51. The monoisotopic (exact) mass is 312 g/mol. The van der Waals surface area contributed by atoms with Crippen LogP contribution >= 0.6 is 11.3 Å². The van der Waals surface area contributed by atoms with Crippen LogP contribution in [0.4, 0.5) is 10.8 Å². The first-order chi connectivity index (χ1) is 10.6. The summed E-state index contributed by atoms with van der Waals surface area (Å²) in [6.45, 7) is 3.94. The average Bonchev–Trinajstić information content (AvgIpc) is 2.95. The van der Waals surface area contributed by atoms with E-state index in [4.69, 9.17) is 5.84 Å². The number of carbonyl (C=O) groups excluding carboxylic acids is 1. The highest BCUT2D eigenvalue weighted by Crippen LogP contribution is 2.34. The molecule has 0 aliphatic carbocycles. The highest BCUT2D eigenvalue weighted by atomic mass is 32.1. The van der Waals surface area contributed by atoms with Gasteiger partial charge in [-0.25, -0.2) is 10.8 Å². The van der Waals surface area contributed by atoms with Crippen molar-refractivity contribution >= 4 is 38.3 Å². The number of nitrogens with one attached hydrogen (secondary N) is 2. The zero-order chi connectivity index (χ0) is 15.7.